The average Bonchev–Trinajstić information content (AvgIpc) is 3.03. The van der Waals surface area contributed by atoms with Crippen LogP contribution < -0.4 is 10.6 Å². The molecule has 0 spiro atoms. The zero-order chi connectivity index (χ0) is 15.8. The number of nitrogens with two attached hydrogens (primary N) is 1. The number of hydrogen-bond donors (Lipinski definition) is 1. The molecule has 118 valence electrons. The number of nitrogens with zero attached hydrogens (tertiary/aromatic N) is 3. The molecule has 0 saturated carbocycles. The van der Waals surface area contributed by atoms with E-state index in [1.54, 1.807) is 0 Å². The predicted molar refractivity (Wildman–Crippen MR) is 88.9 cm³/mol. The van der Waals surface area contributed by atoms with Gasteiger partial charge in [0.2, 0.25) is 0 Å². The van der Waals surface area contributed by atoms with E-state index in [2.05, 4.69) is 25.8 Å². The molecular weight excluding hydrogens is 284 g/mol. The van der Waals surface area contributed by atoms with Crippen LogP contribution in [0.25, 0.3) is 0 Å². The summed E-state index contributed by atoms with van der Waals surface area (Å²) < 4.78 is 0. The fourth-order valence-electron chi connectivity index (χ4n) is 2.57. The molecule has 1 fully saturated rings. The Hall–Kier alpha value is -1.30. The molecule has 0 bridgehead atoms. The Morgan fingerprint density at radius 2 is 2.19 bits per heavy atom. The maximum absolute atomic E-state index is 12.7. The van der Waals surface area contributed by atoms with Gasteiger partial charge in [-0.1, -0.05) is 32.1 Å². The molecule has 1 atom stereocenters. The Kier molecular flexibility index (Phi) is 4.46. The largest absolute Gasteiger partial charge is 0.382 e. The zero-order valence-electron chi connectivity index (χ0n) is 13.6. The van der Waals surface area contributed by atoms with Crippen molar-refractivity contribution in [1.29, 1.82) is 0 Å². The van der Waals surface area contributed by atoms with Crippen molar-refractivity contribution < 1.29 is 4.79 Å². The van der Waals surface area contributed by atoms with E-state index >= 15 is 0 Å². The van der Waals surface area contributed by atoms with Gasteiger partial charge in [-0.05, 0) is 24.7 Å². The van der Waals surface area contributed by atoms with E-state index in [4.69, 9.17) is 5.73 Å². The fraction of sp³-hybridized carbons (Fsp3) is 0.733. The van der Waals surface area contributed by atoms with E-state index in [-0.39, 0.29) is 11.3 Å². The smallest absolute Gasteiger partial charge is 0.267 e. The molecule has 0 aromatic carbocycles. The first-order chi connectivity index (χ1) is 9.74. The minimum absolute atomic E-state index is 0.0347. The third-order valence-corrected chi connectivity index (χ3v) is 5.51. The van der Waals surface area contributed by atoms with Crippen LogP contribution in [0.1, 0.15) is 43.8 Å². The lowest BCUT2D eigenvalue weighted by atomic mass is 9.80. The molecule has 0 aliphatic carbocycles. The number of amides is 1. The van der Waals surface area contributed by atoms with Crippen LogP contribution in [0.2, 0.25) is 0 Å². The Balaban J connectivity index is 2.13. The quantitative estimate of drug-likeness (QED) is 0.932. The van der Waals surface area contributed by atoms with Gasteiger partial charge in [-0.2, -0.15) is 0 Å². The summed E-state index contributed by atoms with van der Waals surface area (Å²) in [5.41, 5.74) is 6.19. The molecule has 2 rings (SSSR count). The van der Waals surface area contributed by atoms with Gasteiger partial charge in [-0.25, -0.2) is 4.98 Å². The molecule has 1 aromatic heterocycles. The van der Waals surface area contributed by atoms with E-state index in [1.165, 1.54) is 11.3 Å². The molecule has 0 radical (unpaired) electrons. The summed E-state index contributed by atoms with van der Waals surface area (Å²) in [4.78, 5) is 21.5. The van der Waals surface area contributed by atoms with Crippen LogP contribution in [0, 0.1) is 11.3 Å². The number of thiazole rings is 1. The highest BCUT2D eigenvalue weighted by molar-refractivity contribution is 7.18. The molecule has 5 nitrogen and oxygen atoms in total. The van der Waals surface area contributed by atoms with Crippen LogP contribution in [0.3, 0.4) is 0 Å². The number of anilines is 2. The van der Waals surface area contributed by atoms with Crippen molar-refractivity contribution in [2.24, 2.45) is 11.3 Å². The average molecular weight is 310 g/mol. The van der Waals surface area contributed by atoms with Crippen molar-refractivity contribution in [1.82, 2.24) is 9.88 Å². The van der Waals surface area contributed by atoms with Crippen LogP contribution in [-0.4, -0.2) is 42.5 Å². The van der Waals surface area contributed by atoms with Gasteiger partial charge in [0, 0.05) is 26.7 Å². The zero-order valence-corrected chi connectivity index (χ0v) is 14.5. The van der Waals surface area contributed by atoms with Crippen molar-refractivity contribution in [3.63, 3.8) is 0 Å². The minimum atomic E-state index is 0.0347. The molecule has 1 amide bonds. The van der Waals surface area contributed by atoms with E-state index in [1.807, 2.05) is 23.8 Å². The van der Waals surface area contributed by atoms with E-state index in [0.29, 0.717) is 16.6 Å². The fourth-order valence-corrected chi connectivity index (χ4v) is 3.55. The molecule has 1 aliphatic heterocycles. The van der Waals surface area contributed by atoms with Crippen LogP contribution in [-0.2, 0) is 0 Å². The number of hydrogen-bond acceptors (Lipinski definition) is 5. The standard InChI is InChI=1S/C15H26N4OS/c1-6-18(5)14-17-12(16)11(21-14)13(20)19-8-7-10(9-19)15(2,3)4/h10H,6-9,16H2,1-5H3. The molecule has 1 aromatic rings. The van der Waals surface area contributed by atoms with Gasteiger partial charge in [0.1, 0.15) is 10.7 Å². The monoisotopic (exact) mass is 310 g/mol. The molecule has 1 unspecified atom stereocenters. The highest BCUT2D eigenvalue weighted by Crippen LogP contribution is 2.35. The van der Waals surface area contributed by atoms with E-state index in [9.17, 15) is 4.79 Å². The molecule has 1 saturated heterocycles. The Labute approximate surface area is 131 Å². The number of nitrogen functional groups attached to an aromatic ring is 1. The van der Waals surface area contributed by atoms with Crippen LogP contribution in [0.15, 0.2) is 0 Å². The maximum atomic E-state index is 12.7. The second-order valence-corrected chi connectivity index (χ2v) is 7.81. The van der Waals surface area contributed by atoms with Crippen LogP contribution in [0.4, 0.5) is 10.9 Å². The lowest BCUT2D eigenvalue weighted by molar-refractivity contribution is 0.0782. The second kappa shape index (κ2) is 5.83. The normalized spacial score (nSPS) is 19.1. The Bertz CT molecular complexity index is 520. The Morgan fingerprint density at radius 3 is 2.71 bits per heavy atom. The van der Waals surface area contributed by atoms with Gasteiger partial charge in [0.05, 0.1) is 0 Å². The number of carbonyl (C=O) groups is 1. The van der Waals surface area contributed by atoms with Crippen molar-refractivity contribution in [2.75, 3.05) is 37.3 Å². The van der Waals surface area contributed by atoms with Crippen molar-refractivity contribution in [3.05, 3.63) is 4.88 Å². The molecule has 2 N–H and O–H groups in total. The number of carbonyl (C=O) groups excluding carboxylic acids is 1. The first kappa shape index (κ1) is 16.1. The summed E-state index contributed by atoms with van der Waals surface area (Å²) >= 11 is 1.39. The molecule has 1 aliphatic rings. The summed E-state index contributed by atoms with van der Waals surface area (Å²) in [6.07, 6.45) is 1.07. The van der Waals surface area contributed by atoms with E-state index in [0.717, 1.165) is 31.2 Å². The van der Waals surface area contributed by atoms with Gasteiger partial charge < -0.3 is 15.5 Å². The van der Waals surface area contributed by atoms with Gasteiger partial charge in [0.25, 0.3) is 5.91 Å². The lowest BCUT2D eigenvalue weighted by Gasteiger charge is -2.26. The third kappa shape index (κ3) is 3.31. The molecular formula is C15H26N4OS. The molecule has 2 heterocycles. The number of aromatic nitrogens is 1. The first-order valence-corrected chi connectivity index (χ1v) is 8.32. The summed E-state index contributed by atoms with van der Waals surface area (Å²) in [6.45, 7) is 11.2. The Morgan fingerprint density at radius 1 is 1.52 bits per heavy atom. The van der Waals surface area contributed by atoms with E-state index < -0.39 is 0 Å². The SMILES string of the molecule is CCN(C)c1nc(N)c(C(=O)N2CCC(C(C)(C)C)C2)s1. The highest BCUT2D eigenvalue weighted by Gasteiger charge is 2.35. The first-order valence-electron chi connectivity index (χ1n) is 7.50. The minimum Gasteiger partial charge on any atom is -0.382 e. The van der Waals surface area contributed by atoms with Gasteiger partial charge in [-0.3, -0.25) is 4.79 Å². The van der Waals surface area contributed by atoms with Crippen molar-refractivity contribution >= 4 is 28.2 Å². The summed E-state index contributed by atoms with van der Waals surface area (Å²) in [5.74, 6) is 0.945. The second-order valence-electron chi connectivity index (χ2n) is 6.83. The predicted octanol–water partition coefficient (Wildman–Crippen LogP) is 2.69. The van der Waals surface area contributed by atoms with Gasteiger partial charge >= 0.3 is 0 Å². The third-order valence-electron chi connectivity index (χ3n) is 4.34. The molecule has 6 heteroatoms. The lowest BCUT2D eigenvalue weighted by Crippen LogP contribution is -2.31. The summed E-state index contributed by atoms with van der Waals surface area (Å²) in [5, 5.41) is 0.810. The summed E-state index contributed by atoms with van der Waals surface area (Å²) in [7, 11) is 1.96. The van der Waals surface area contributed by atoms with Gasteiger partial charge in [-0.15, -0.1) is 0 Å². The maximum Gasteiger partial charge on any atom is 0.267 e. The van der Waals surface area contributed by atoms with Crippen molar-refractivity contribution in [2.45, 2.75) is 34.1 Å². The topological polar surface area (TPSA) is 62.5 Å². The summed E-state index contributed by atoms with van der Waals surface area (Å²) in [6, 6.07) is 0. The highest BCUT2D eigenvalue weighted by atomic mass is 32.1. The number of rotatable bonds is 3. The van der Waals surface area contributed by atoms with Crippen LogP contribution in [0.5, 0.6) is 0 Å². The number of likely N-dealkylation sites (tertiary alicyclic amines) is 1. The van der Waals surface area contributed by atoms with Crippen LogP contribution >= 0.6 is 11.3 Å². The molecule has 21 heavy (non-hydrogen) atoms. The van der Waals surface area contributed by atoms with Gasteiger partial charge in [0.15, 0.2) is 5.13 Å². The van der Waals surface area contributed by atoms with Crippen molar-refractivity contribution in [3.8, 4) is 0 Å².